The Kier molecular flexibility index (Phi) is 5.73. The maximum absolute atomic E-state index is 12.5. The van der Waals surface area contributed by atoms with E-state index in [1.54, 1.807) is 0 Å². The second-order valence-electron chi connectivity index (χ2n) is 6.07. The molecule has 0 amide bonds. The van der Waals surface area contributed by atoms with E-state index in [0.717, 1.165) is 30.5 Å². The molecule has 0 radical (unpaired) electrons. The molecule has 1 aliphatic heterocycles. The maximum atomic E-state index is 12.5. The summed E-state index contributed by atoms with van der Waals surface area (Å²) in [4.78, 5) is 40.5. The molecule has 1 aliphatic rings. The number of aromatic nitrogens is 2. The van der Waals surface area contributed by atoms with E-state index in [-0.39, 0.29) is 36.9 Å². The van der Waals surface area contributed by atoms with Crippen molar-refractivity contribution in [1.82, 2.24) is 14.5 Å². The third-order valence-corrected chi connectivity index (χ3v) is 4.15. The highest BCUT2D eigenvalue weighted by Crippen LogP contribution is 2.16. The van der Waals surface area contributed by atoms with Crippen LogP contribution in [0.2, 0.25) is 0 Å². The van der Waals surface area contributed by atoms with Crippen molar-refractivity contribution in [3.8, 4) is 0 Å². The summed E-state index contributed by atoms with van der Waals surface area (Å²) in [6, 6.07) is 0. The van der Waals surface area contributed by atoms with Crippen molar-refractivity contribution in [2.24, 2.45) is 5.92 Å². The van der Waals surface area contributed by atoms with E-state index >= 15 is 0 Å². The van der Waals surface area contributed by atoms with Gasteiger partial charge in [-0.2, -0.15) is 0 Å². The fourth-order valence-corrected chi connectivity index (χ4v) is 2.97. The van der Waals surface area contributed by atoms with Gasteiger partial charge in [-0.05, 0) is 25.3 Å². The number of nitrogens with two attached hydrogens (primary N) is 1. The molecule has 0 aromatic carbocycles. The van der Waals surface area contributed by atoms with Crippen molar-refractivity contribution in [3.63, 3.8) is 0 Å². The lowest BCUT2D eigenvalue weighted by molar-refractivity contribution is 0.0891. The molecule has 2 heterocycles. The molecule has 0 saturated carbocycles. The molecule has 1 fully saturated rings. The standard InChI is InChI=1S/C15H24N4O4/c1-10-4-3-5-18(8-10)9-11(20)12-13(16)19(6-7-23-2)15(22)17-14(12)21/h10H,3-9,16H2,1-2H3,(H,17,21,22)/t10-/m1/s1. The number of carbonyl (C=O) groups excluding carboxylic acids is 1. The molecule has 0 spiro atoms. The van der Waals surface area contributed by atoms with Crippen molar-refractivity contribution in [1.29, 1.82) is 0 Å². The number of Topliss-reactive ketones (excluding diaryl/α,β-unsaturated/α-hetero) is 1. The Balaban J connectivity index is 2.25. The van der Waals surface area contributed by atoms with Crippen LogP contribution in [0.3, 0.4) is 0 Å². The molecule has 8 nitrogen and oxygen atoms in total. The van der Waals surface area contributed by atoms with Gasteiger partial charge in [0.25, 0.3) is 5.56 Å². The second-order valence-corrected chi connectivity index (χ2v) is 6.07. The number of hydrogen-bond donors (Lipinski definition) is 2. The molecular weight excluding hydrogens is 300 g/mol. The average Bonchev–Trinajstić information content (AvgIpc) is 2.46. The van der Waals surface area contributed by atoms with Crippen LogP contribution in [-0.4, -0.2) is 53.6 Å². The van der Waals surface area contributed by atoms with E-state index in [4.69, 9.17) is 10.5 Å². The SMILES string of the molecule is COCCn1c(N)c(C(=O)CN2CCC[C@@H](C)C2)c(=O)[nH]c1=O. The van der Waals surface area contributed by atoms with Gasteiger partial charge in [0.15, 0.2) is 5.78 Å². The lowest BCUT2D eigenvalue weighted by Crippen LogP contribution is -2.42. The highest BCUT2D eigenvalue weighted by atomic mass is 16.5. The summed E-state index contributed by atoms with van der Waals surface area (Å²) in [6.07, 6.45) is 2.18. The number of rotatable bonds is 6. The van der Waals surface area contributed by atoms with Gasteiger partial charge in [0.2, 0.25) is 0 Å². The number of ketones is 1. The normalized spacial score (nSPS) is 19.0. The first kappa shape index (κ1) is 17.4. The molecule has 1 aromatic rings. The van der Waals surface area contributed by atoms with E-state index in [2.05, 4.69) is 11.9 Å². The quantitative estimate of drug-likeness (QED) is 0.694. The fraction of sp³-hybridized carbons (Fsp3) is 0.667. The molecule has 3 N–H and O–H groups in total. The van der Waals surface area contributed by atoms with Gasteiger partial charge in [0.1, 0.15) is 11.4 Å². The molecule has 0 bridgehead atoms. The van der Waals surface area contributed by atoms with Crippen LogP contribution in [0.4, 0.5) is 5.82 Å². The summed E-state index contributed by atoms with van der Waals surface area (Å²) in [5.74, 6) is 0.0812. The van der Waals surface area contributed by atoms with Crippen LogP contribution in [-0.2, 0) is 11.3 Å². The molecular formula is C15H24N4O4. The first-order valence-electron chi connectivity index (χ1n) is 7.81. The van der Waals surface area contributed by atoms with Crippen molar-refractivity contribution >= 4 is 11.6 Å². The molecule has 1 aromatic heterocycles. The van der Waals surface area contributed by atoms with Crippen LogP contribution in [0.5, 0.6) is 0 Å². The lowest BCUT2D eigenvalue weighted by Gasteiger charge is -2.30. The van der Waals surface area contributed by atoms with Gasteiger partial charge in [-0.15, -0.1) is 0 Å². The van der Waals surface area contributed by atoms with E-state index in [1.165, 1.54) is 7.11 Å². The molecule has 1 saturated heterocycles. The minimum Gasteiger partial charge on any atom is -0.384 e. The fourth-order valence-electron chi connectivity index (χ4n) is 2.97. The van der Waals surface area contributed by atoms with E-state index in [9.17, 15) is 14.4 Å². The molecule has 1 atom stereocenters. The van der Waals surface area contributed by atoms with Crippen molar-refractivity contribution in [2.45, 2.75) is 26.3 Å². The Bertz CT molecular complexity index is 679. The number of H-pyrrole nitrogens is 1. The Hall–Kier alpha value is -1.93. The molecule has 128 valence electrons. The minimum atomic E-state index is -0.726. The second kappa shape index (κ2) is 7.56. The zero-order valence-electron chi connectivity index (χ0n) is 13.6. The van der Waals surface area contributed by atoms with Crippen molar-refractivity contribution in [3.05, 3.63) is 26.4 Å². The summed E-state index contributed by atoms with van der Waals surface area (Å²) in [5, 5.41) is 0. The number of nitrogen functional groups attached to an aromatic ring is 1. The predicted octanol–water partition coefficient (Wildman–Crippen LogP) is -0.320. The van der Waals surface area contributed by atoms with Crippen LogP contribution in [0.1, 0.15) is 30.1 Å². The topological polar surface area (TPSA) is 110 Å². The number of likely N-dealkylation sites (tertiary alicyclic amines) is 1. The van der Waals surface area contributed by atoms with Gasteiger partial charge in [-0.3, -0.25) is 24.0 Å². The van der Waals surface area contributed by atoms with E-state index < -0.39 is 11.2 Å². The van der Waals surface area contributed by atoms with Crippen LogP contribution < -0.4 is 17.0 Å². The summed E-state index contributed by atoms with van der Waals surface area (Å²) in [6.45, 7) is 4.37. The largest absolute Gasteiger partial charge is 0.384 e. The third kappa shape index (κ3) is 4.08. The van der Waals surface area contributed by atoms with Gasteiger partial charge < -0.3 is 10.5 Å². The number of aromatic amines is 1. The first-order valence-corrected chi connectivity index (χ1v) is 7.81. The number of piperidine rings is 1. The molecule has 0 unspecified atom stereocenters. The number of hydrogen-bond acceptors (Lipinski definition) is 6. The Labute approximate surface area is 134 Å². The molecule has 8 heteroatoms. The van der Waals surface area contributed by atoms with E-state index in [1.807, 2.05) is 4.90 Å². The number of anilines is 1. The minimum absolute atomic E-state index is 0.0918. The van der Waals surface area contributed by atoms with Crippen molar-refractivity contribution < 1.29 is 9.53 Å². The van der Waals surface area contributed by atoms with Crippen LogP contribution in [0.25, 0.3) is 0 Å². The van der Waals surface area contributed by atoms with Crippen molar-refractivity contribution in [2.75, 3.05) is 39.1 Å². The summed E-state index contributed by atoms with van der Waals surface area (Å²) < 4.78 is 6.08. The number of nitrogens with zero attached hydrogens (tertiary/aromatic N) is 2. The van der Waals surface area contributed by atoms with Gasteiger partial charge >= 0.3 is 5.69 Å². The average molecular weight is 324 g/mol. The number of methoxy groups -OCH3 is 1. The highest BCUT2D eigenvalue weighted by molar-refractivity contribution is 6.01. The third-order valence-electron chi connectivity index (χ3n) is 4.15. The van der Waals surface area contributed by atoms with Gasteiger partial charge in [0, 0.05) is 13.7 Å². The smallest absolute Gasteiger partial charge is 0.330 e. The zero-order valence-corrected chi connectivity index (χ0v) is 13.6. The van der Waals surface area contributed by atoms with Crippen LogP contribution >= 0.6 is 0 Å². The maximum Gasteiger partial charge on any atom is 0.330 e. The number of carbonyl (C=O) groups is 1. The van der Waals surface area contributed by atoms with Crippen LogP contribution in [0.15, 0.2) is 9.59 Å². The highest BCUT2D eigenvalue weighted by Gasteiger charge is 2.24. The Morgan fingerprint density at radius 3 is 2.83 bits per heavy atom. The van der Waals surface area contributed by atoms with Gasteiger partial charge in [0.05, 0.1) is 19.7 Å². The number of ether oxygens (including phenoxy) is 1. The summed E-state index contributed by atoms with van der Waals surface area (Å²) in [7, 11) is 1.50. The van der Waals surface area contributed by atoms with Crippen LogP contribution in [0, 0.1) is 5.92 Å². The molecule has 2 rings (SSSR count). The van der Waals surface area contributed by atoms with Gasteiger partial charge in [-0.25, -0.2) is 4.79 Å². The van der Waals surface area contributed by atoms with E-state index in [0.29, 0.717) is 5.92 Å². The van der Waals surface area contributed by atoms with Gasteiger partial charge in [-0.1, -0.05) is 6.92 Å². The molecule has 0 aliphatic carbocycles. The molecule has 23 heavy (non-hydrogen) atoms. The zero-order chi connectivity index (χ0) is 17.0. The Morgan fingerprint density at radius 1 is 1.43 bits per heavy atom. The summed E-state index contributed by atoms with van der Waals surface area (Å²) >= 11 is 0. The first-order chi connectivity index (χ1) is 10.9. The predicted molar refractivity (Wildman–Crippen MR) is 86.8 cm³/mol. The summed E-state index contributed by atoms with van der Waals surface area (Å²) in [5.41, 5.74) is 4.41. The monoisotopic (exact) mass is 324 g/mol. The number of nitrogens with one attached hydrogen (secondary N) is 1. The lowest BCUT2D eigenvalue weighted by atomic mass is 10.00. The Morgan fingerprint density at radius 2 is 2.17 bits per heavy atom.